The van der Waals surface area contributed by atoms with Crippen molar-refractivity contribution in [2.45, 2.75) is 130 Å². The van der Waals surface area contributed by atoms with Crippen molar-refractivity contribution in [3.05, 3.63) is 11.6 Å². The van der Waals surface area contributed by atoms with Gasteiger partial charge in [0.05, 0.1) is 0 Å². The minimum Gasteiger partial charge on any atom is -0.300 e. The summed E-state index contributed by atoms with van der Waals surface area (Å²) in [4.78, 5) is 10.9. The molecule has 0 radical (unpaired) electrons. The molecule has 0 unspecified atom stereocenters. The first-order chi connectivity index (χ1) is 11.7. The van der Waals surface area contributed by atoms with Crippen LogP contribution in [0.3, 0.4) is 0 Å². The number of carbonyl (C=O) groups excluding carboxylic acids is 1. The van der Waals surface area contributed by atoms with Gasteiger partial charge in [-0.2, -0.15) is 0 Å². The van der Waals surface area contributed by atoms with Crippen molar-refractivity contribution in [1.82, 2.24) is 0 Å². The third-order valence-electron chi connectivity index (χ3n) is 4.90. The Morgan fingerprint density at radius 2 is 1.08 bits per heavy atom. The number of rotatable bonds is 18. The predicted octanol–water partition coefficient (Wildman–Crippen LogP) is 8.17. The molecule has 142 valence electrons. The molecule has 0 N–H and O–H groups in total. The monoisotopic (exact) mass is 336 g/mol. The number of Topliss-reactive ketones (excluding diaryl/α,β-unsaturated/α-hetero) is 1. The van der Waals surface area contributed by atoms with E-state index in [1.165, 1.54) is 96.3 Å². The minimum atomic E-state index is 0.332. The topological polar surface area (TPSA) is 17.1 Å². The Hall–Kier alpha value is -0.590. The summed E-state index contributed by atoms with van der Waals surface area (Å²) in [6, 6.07) is 0. The standard InChI is InChI=1S/C23H44O/c1-4-5-6-7-8-9-10-11-12-13-14-16-19-22(2)20-17-15-18-21-23(3)24/h19H,4-18,20-21H2,1-3H3. The van der Waals surface area contributed by atoms with E-state index in [1.54, 1.807) is 12.5 Å². The van der Waals surface area contributed by atoms with Gasteiger partial charge in [-0.3, -0.25) is 0 Å². The first-order valence-electron chi connectivity index (χ1n) is 10.8. The predicted molar refractivity (Wildman–Crippen MR) is 109 cm³/mol. The van der Waals surface area contributed by atoms with Gasteiger partial charge in [0.2, 0.25) is 0 Å². The molecule has 0 heterocycles. The first kappa shape index (κ1) is 23.4. The van der Waals surface area contributed by atoms with Crippen LogP contribution >= 0.6 is 0 Å². The zero-order chi connectivity index (χ0) is 17.9. The Morgan fingerprint density at radius 1 is 0.625 bits per heavy atom. The fourth-order valence-corrected chi connectivity index (χ4v) is 3.21. The Bertz CT molecular complexity index is 303. The van der Waals surface area contributed by atoms with Gasteiger partial charge >= 0.3 is 0 Å². The maximum Gasteiger partial charge on any atom is 0.129 e. The molecule has 0 bridgehead atoms. The molecule has 0 atom stereocenters. The van der Waals surface area contributed by atoms with E-state index in [0.29, 0.717) is 5.78 Å². The molecule has 0 aromatic carbocycles. The lowest BCUT2D eigenvalue weighted by Gasteiger charge is -2.03. The van der Waals surface area contributed by atoms with Gasteiger partial charge in [-0.1, -0.05) is 89.2 Å². The Labute approximate surface area is 152 Å². The molecule has 0 amide bonds. The molecule has 0 spiro atoms. The molecule has 0 fully saturated rings. The van der Waals surface area contributed by atoms with Gasteiger partial charge in [-0.25, -0.2) is 0 Å². The highest BCUT2D eigenvalue weighted by molar-refractivity contribution is 5.75. The second-order valence-corrected chi connectivity index (χ2v) is 7.64. The van der Waals surface area contributed by atoms with Crippen molar-refractivity contribution in [1.29, 1.82) is 0 Å². The highest BCUT2D eigenvalue weighted by Gasteiger charge is 1.96. The van der Waals surface area contributed by atoms with Crippen molar-refractivity contribution in [2.75, 3.05) is 0 Å². The summed E-state index contributed by atoms with van der Waals surface area (Å²) < 4.78 is 0. The van der Waals surface area contributed by atoms with Gasteiger partial charge in [0.1, 0.15) is 5.78 Å². The van der Waals surface area contributed by atoms with Crippen LogP contribution < -0.4 is 0 Å². The number of ketones is 1. The van der Waals surface area contributed by atoms with E-state index in [2.05, 4.69) is 19.9 Å². The molecule has 0 aromatic rings. The lowest BCUT2D eigenvalue weighted by atomic mass is 10.0. The van der Waals surface area contributed by atoms with Crippen LogP contribution in [0.4, 0.5) is 0 Å². The Kier molecular flexibility index (Phi) is 18.3. The van der Waals surface area contributed by atoms with Crippen molar-refractivity contribution in [3.63, 3.8) is 0 Å². The molecule has 1 heteroatoms. The van der Waals surface area contributed by atoms with E-state index < -0.39 is 0 Å². The molecule has 0 aliphatic heterocycles. The quantitative estimate of drug-likeness (QED) is 0.182. The van der Waals surface area contributed by atoms with E-state index in [0.717, 1.165) is 12.8 Å². The van der Waals surface area contributed by atoms with Crippen LogP contribution in [0.5, 0.6) is 0 Å². The molecule has 24 heavy (non-hydrogen) atoms. The summed E-state index contributed by atoms with van der Waals surface area (Å²) in [5.74, 6) is 0.332. The fraction of sp³-hybridized carbons (Fsp3) is 0.870. The number of carbonyl (C=O) groups is 1. The summed E-state index contributed by atoms with van der Waals surface area (Å²) in [7, 11) is 0. The van der Waals surface area contributed by atoms with E-state index in [9.17, 15) is 4.79 Å². The lowest BCUT2D eigenvalue weighted by molar-refractivity contribution is -0.117. The highest BCUT2D eigenvalue weighted by Crippen LogP contribution is 2.14. The second-order valence-electron chi connectivity index (χ2n) is 7.64. The van der Waals surface area contributed by atoms with Gasteiger partial charge in [-0.05, 0) is 46.0 Å². The van der Waals surface area contributed by atoms with Crippen LogP contribution in [-0.2, 0) is 4.79 Å². The minimum absolute atomic E-state index is 0.332. The maximum absolute atomic E-state index is 10.9. The van der Waals surface area contributed by atoms with Gasteiger partial charge in [0, 0.05) is 6.42 Å². The first-order valence-corrected chi connectivity index (χ1v) is 10.8. The van der Waals surface area contributed by atoms with Gasteiger partial charge in [-0.15, -0.1) is 0 Å². The summed E-state index contributed by atoms with van der Waals surface area (Å²) in [5, 5.41) is 0. The SMILES string of the molecule is CCCCCCCCCCCCCC=C(C)CCCCCC(C)=O. The molecular weight excluding hydrogens is 292 g/mol. The maximum atomic E-state index is 10.9. The van der Waals surface area contributed by atoms with Crippen LogP contribution in [0, 0.1) is 0 Å². The van der Waals surface area contributed by atoms with Crippen LogP contribution in [0.25, 0.3) is 0 Å². The lowest BCUT2D eigenvalue weighted by Crippen LogP contribution is -1.89. The second kappa shape index (κ2) is 18.7. The van der Waals surface area contributed by atoms with E-state index in [4.69, 9.17) is 0 Å². The zero-order valence-corrected chi connectivity index (χ0v) is 17.0. The van der Waals surface area contributed by atoms with Crippen molar-refractivity contribution >= 4 is 5.78 Å². The van der Waals surface area contributed by atoms with Crippen molar-refractivity contribution < 1.29 is 4.79 Å². The fourth-order valence-electron chi connectivity index (χ4n) is 3.21. The molecule has 0 saturated carbocycles. The van der Waals surface area contributed by atoms with E-state index in [1.807, 2.05) is 0 Å². The number of unbranched alkanes of at least 4 members (excludes halogenated alkanes) is 13. The molecule has 0 aliphatic carbocycles. The summed E-state index contributed by atoms with van der Waals surface area (Å²) in [6.45, 7) is 6.25. The largest absolute Gasteiger partial charge is 0.300 e. The Balaban J connectivity index is 3.25. The normalized spacial score (nSPS) is 11.9. The van der Waals surface area contributed by atoms with E-state index in [-0.39, 0.29) is 0 Å². The number of allylic oxidation sites excluding steroid dienone is 2. The summed E-state index contributed by atoms with van der Waals surface area (Å²) in [6.07, 6.45) is 24.8. The molecule has 0 aliphatic rings. The van der Waals surface area contributed by atoms with Crippen molar-refractivity contribution in [2.24, 2.45) is 0 Å². The third-order valence-corrected chi connectivity index (χ3v) is 4.90. The van der Waals surface area contributed by atoms with E-state index >= 15 is 0 Å². The van der Waals surface area contributed by atoms with Crippen LogP contribution in [-0.4, -0.2) is 5.78 Å². The highest BCUT2D eigenvalue weighted by atomic mass is 16.1. The van der Waals surface area contributed by atoms with Crippen molar-refractivity contribution in [3.8, 4) is 0 Å². The van der Waals surface area contributed by atoms with Gasteiger partial charge in [0.15, 0.2) is 0 Å². The van der Waals surface area contributed by atoms with Crippen LogP contribution in [0.15, 0.2) is 11.6 Å². The molecule has 0 aromatic heterocycles. The number of hydrogen-bond acceptors (Lipinski definition) is 1. The van der Waals surface area contributed by atoms with Crippen LogP contribution in [0.1, 0.15) is 130 Å². The summed E-state index contributed by atoms with van der Waals surface area (Å²) >= 11 is 0. The van der Waals surface area contributed by atoms with Crippen LogP contribution in [0.2, 0.25) is 0 Å². The molecule has 1 nitrogen and oxygen atoms in total. The molecule has 0 saturated heterocycles. The average molecular weight is 337 g/mol. The third kappa shape index (κ3) is 19.5. The zero-order valence-electron chi connectivity index (χ0n) is 17.0. The molecule has 0 rings (SSSR count). The number of hydrogen-bond donors (Lipinski definition) is 0. The van der Waals surface area contributed by atoms with Gasteiger partial charge < -0.3 is 4.79 Å². The van der Waals surface area contributed by atoms with Gasteiger partial charge in [0.25, 0.3) is 0 Å². The Morgan fingerprint density at radius 3 is 1.62 bits per heavy atom. The average Bonchev–Trinajstić information content (AvgIpc) is 2.55. The summed E-state index contributed by atoms with van der Waals surface area (Å²) in [5.41, 5.74) is 1.55. The smallest absolute Gasteiger partial charge is 0.129 e. The molecular formula is C23H44O.